The van der Waals surface area contributed by atoms with Crippen molar-refractivity contribution >= 4 is 12.0 Å². The monoisotopic (exact) mass is 268 g/mol. The molecule has 0 aromatic heterocycles. The number of amides is 2. The smallest absolute Gasteiger partial charge is 0.329 e. The number of likely N-dealkylation sites (N-methyl/N-ethyl adjacent to an activating group) is 1. The van der Waals surface area contributed by atoms with E-state index in [-0.39, 0.29) is 6.03 Å². The summed E-state index contributed by atoms with van der Waals surface area (Å²) in [5.74, 6) is -0.924. The number of likely N-dealkylation sites (tertiary alicyclic amines) is 1. The third kappa shape index (κ3) is 3.28. The number of carboxylic acids is 1. The maximum absolute atomic E-state index is 12.5. The number of hydrogen-bond donors (Lipinski definition) is 1. The summed E-state index contributed by atoms with van der Waals surface area (Å²) in [6.07, 6.45) is 2.22. The second kappa shape index (κ2) is 6.08. The maximum Gasteiger partial charge on any atom is 0.329 e. The standard InChI is InChI=1S/C14H24N2O3/c1-5-15(10-11(2)3)13(19)16-9-7-6-8-14(16,4)12(17)18/h2,5-10H2,1,3-4H3,(H,17,18). The molecule has 19 heavy (non-hydrogen) atoms. The molecule has 0 radical (unpaired) electrons. The van der Waals surface area contributed by atoms with Gasteiger partial charge in [0.05, 0.1) is 0 Å². The number of hydrogen-bond acceptors (Lipinski definition) is 2. The second-order valence-electron chi connectivity index (χ2n) is 5.44. The van der Waals surface area contributed by atoms with Gasteiger partial charge >= 0.3 is 12.0 Å². The lowest BCUT2D eigenvalue weighted by Crippen LogP contribution is -2.60. The minimum Gasteiger partial charge on any atom is -0.480 e. The van der Waals surface area contributed by atoms with Crippen molar-refractivity contribution in [2.75, 3.05) is 19.6 Å². The molecule has 5 heteroatoms. The summed E-state index contributed by atoms with van der Waals surface area (Å²) in [5.41, 5.74) is -0.193. The molecule has 0 spiro atoms. The number of piperidine rings is 1. The normalized spacial score (nSPS) is 23.0. The van der Waals surface area contributed by atoms with E-state index in [2.05, 4.69) is 6.58 Å². The maximum atomic E-state index is 12.5. The van der Waals surface area contributed by atoms with Crippen LogP contribution in [0.5, 0.6) is 0 Å². The molecule has 1 atom stereocenters. The molecular formula is C14H24N2O3. The van der Waals surface area contributed by atoms with Gasteiger partial charge in [0.2, 0.25) is 0 Å². The highest BCUT2D eigenvalue weighted by atomic mass is 16.4. The summed E-state index contributed by atoms with van der Waals surface area (Å²) >= 11 is 0. The molecule has 0 aromatic carbocycles. The van der Waals surface area contributed by atoms with Crippen LogP contribution in [0.15, 0.2) is 12.2 Å². The van der Waals surface area contributed by atoms with Crippen LogP contribution >= 0.6 is 0 Å². The average molecular weight is 268 g/mol. The van der Waals surface area contributed by atoms with E-state index in [9.17, 15) is 14.7 Å². The van der Waals surface area contributed by atoms with Crippen molar-refractivity contribution in [1.29, 1.82) is 0 Å². The average Bonchev–Trinajstić information content (AvgIpc) is 2.35. The predicted octanol–water partition coefficient (Wildman–Crippen LogP) is 2.33. The molecule has 0 aliphatic carbocycles. The van der Waals surface area contributed by atoms with Crippen LogP contribution < -0.4 is 0 Å². The van der Waals surface area contributed by atoms with Gasteiger partial charge in [0.1, 0.15) is 5.54 Å². The number of carbonyl (C=O) groups excluding carboxylic acids is 1. The third-order valence-corrected chi connectivity index (χ3v) is 3.70. The van der Waals surface area contributed by atoms with Crippen LogP contribution in [0.1, 0.15) is 40.0 Å². The van der Waals surface area contributed by atoms with Crippen LogP contribution in [-0.2, 0) is 4.79 Å². The Labute approximate surface area is 114 Å². The fourth-order valence-corrected chi connectivity index (χ4v) is 2.46. The summed E-state index contributed by atoms with van der Waals surface area (Å²) in [6.45, 7) is 10.7. The lowest BCUT2D eigenvalue weighted by Gasteiger charge is -2.43. The van der Waals surface area contributed by atoms with E-state index in [1.165, 1.54) is 4.90 Å². The van der Waals surface area contributed by atoms with Gasteiger partial charge in [-0.3, -0.25) is 0 Å². The van der Waals surface area contributed by atoms with E-state index in [0.717, 1.165) is 18.4 Å². The Balaban J connectivity index is 2.93. The Kier molecular flexibility index (Phi) is 4.97. The molecule has 1 saturated heterocycles. The van der Waals surface area contributed by atoms with E-state index in [4.69, 9.17) is 0 Å². The minimum atomic E-state index is -1.09. The number of nitrogens with zero attached hydrogens (tertiary/aromatic N) is 2. The molecule has 1 fully saturated rings. The number of carbonyl (C=O) groups is 2. The topological polar surface area (TPSA) is 60.9 Å². The van der Waals surface area contributed by atoms with Crippen molar-refractivity contribution in [2.45, 2.75) is 45.6 Å². The van der Waals surface area contributed by atoms with E-state index in [0.29, 0.717) is 26.1 Å². The first-order valence-corrected chi connectivity index (χ1v) is 6.77. The first kappa shape index (κ1) is 15.5. The van der Waals surface area contributed by atoms with E-state index >= 15 is 0 Å². The van der Waals surface area contributed by atoms with Crippen LogP contribution in [0, 0.1) is 0 Å². The minimum absolute atomic E-state index is 0.199. The van der Waals surface area contributed by atoms with Gasteiger partial charge in [-0.15, -0.1) is 0 Å². The van der Waals surface area contributed by atoms with Gasteiger partial charge in [-0.1, -0.05) is 12.2 Å². The van der Waals surface area contributed by atoms with Crippen LogP contribution in [-0.4, -0.2) is 52.1 Å². The Bertz CT molecular complexity index is 381. The molecule has 1 rings (SSSR count). The number of aliphatic carboxylic acids is 1. The largest absolute Gasteiger partial charge is 0.480 e. The fourth-order valence-electron chi connectivity index (χ4n) is 2.46. The summed E-state index contributed by atoms with van der Waals surface area (Å²) < 4.78 is 0. The highest BCUT2D eigenvalue weighted by Crippen LogP contribution is 2.29. The number of urea groups is 1. The quantitative estimate of drug-likeness (QED) is 0.796. The molecule has 108 valence electrons. The Morgan fingerprint density at radius 3 is 2.53 bits per heavy atom. The molecule has 5 nitrogen and oxygen atoms in total. The third-order valence-electron chi connectivity index (χ3n) is 3.70. The van der Waals surface area contributed by atoms with Crippen molar-refractivity contribution in [3.8, 4) is 0 Å². The molecule has 1 unspecified atom stereocenters. The van der Waals surface area contributed by atoms with E-state index < -0.39 is 11.5 Å². The van der Waals surface area contributed by atoms with Gasteiger partial charge < -0.3 is 14.9 Å². The highest BCUT2D eigenvalue weighted by Gasteiger charge is 2.44. The molecule has 1 aliphatic rings. The predicted molar refractivity (Wildman–Crippen MR) is 74.1 cm³/mol. The van der Waals surface area contributed by atoms with Crippen LogP contribution in [0.25, 0.3) is 0 Å². The Morgan fingerprint density at radius 1 is 1.42 bits per heavy atom. The first-order valence-electron chi connectivity index (χ1n) is 6.77. The SMILES string of the molecule is C=C(C)CN(CC)C(=O)N1CCCCC1(C)C(=O)O. The number of carboxylic acid groups (broad SMARTS) is 1. The zero-order chi connectivity index (χ0) is 14.6. The van der Waals surface area contributed by atoms with Gasteiger partial charge in [-0.05, 0) is 40.0 Å². The van der Waals surface area contributed by atoms with Crippen molar-refractivity contribution < 1.29 is 14.7 Å². The van der Waals surface area contributed by atoms with E-state index in [1.807, 2.05) is 13.8 Å². The van der Waals surface area contributed by atoms with Gasteiger partial charge in [0.25, 0.3) is 0 Å². The Hall–Kier alpha value is -1.52. The molecule has 1 heterocycles. The van der Waals surface area contributed by atoms with Crippen molar-refractivity contribution in [3.05, 3.63) is 12.2 Å². The van der Waals surface area contributed by atoms with Crippen molar-refractivity contribution in [3.63, 3.8) is 0 Å². The lowest BCUT2D eigenvalue weighted by atomic mass is 9.89. The van der Waals surface area contributed by atoms with Crippen molar-refractivity contribution in [2.24, 2.45) is 0 Å². The molecular weight excluding hydrogens is 244 g/mol. The van der Waals surface area contributed by atoms with Gasteiger partial charge in [0, 0.05) is 19.6 Å². The van der Waals surface area contributed by atoms with Crippen LogP contribution in [0.3, 0.4) is 0 Å². The molecule has 1 N–H and O–H groups in total. The highest BCUT2D eigenvalue weighted by molar-refractivity contribution is 5.86. The molecule has 0 aromatic rings. The van der Waals surface area contributed by atoms with Crippen LogP contribution in [0.4, 0.5) is 4.79 Å². The second-order valence-corrected chi connectivity index (χ2v) is 5.44. The summed E-state index contributed by atoms with van der Waals surface area (Å²) in [7, 11) is 0. The van der Waals surface area contributed by atoms with Gasteiger partial charge in [-0.2, -0.15) is 0 Å². The van der Waals surface area contributed by atoms with Crippen molar-refractivity contribution in [1.82, 2.24) is 9.80 Å². The molecule has 0 bridgehead atoms. The molecule has 2 amide bonds. The Morgan fingerprint density at radius 2 is 2.05 bits per heavy atom. The first-order chi connectivity index (χ1) is 8.82. The summed E-state index contributed by atoms with van der Waals surface area (Å²) in [5, 5.41) is 9.42. The summed E-state index contributed by atoms with van der Waals surface area (Å²) in [6, 6.07) is -0.199. The van der Waals surface area contributed by atoms with Crippen LogP contribution in [0.2, 0.25) is 0 Å². The van der Waals surface area contributed by atoms with Gasteiger partial charge in [0.15, 0.2) is 0 Å². The zero-order valence-electron chi connectivity index (χ0n) is 12.1. The zero-order valence-corrected chi connectivity index (χ0v) is 12.1. The summed E-state index contributed by atoms with van der Waals surface area (Å²) in [4.78, 5) is 27.2. The van der Waals surface area contributed by atoms with E-state index in [1.54, 1.807) is 11.8 Å². The number of rotatable bonds is 4. The molecule has 1 aliphatic heterocycles. The molecule has 0 saturated carbocycles. The fraction of sp³-hybridized carbons (Fsp3) is 0.714. The lowest BCUT2D eigenvalue weighted by molar-refractivity contribution is -0.150. The van der Waals surface area contributed by atoms with Gasteiger partial charge in [-0.25, -0.2) is 9.59 Å².